The highest BCUT2D eigenvalue weighted by molar-refractivity contribution is 8.00. The Kier molecular flexibility index (Phi) is 5.96. The molecule has 2 aliphatic heterocycles. The number of likely N-dealkylation sites (tertiary alicyclic amines) is 1. The van der Waals surface area contributed by atoms with E-state index in [0.717, 1.165) is 25.8 Å². The van der Waals surface area contributed by atoms with Gasteiger partial charge in [0.05, 0.1) is 16.8 Å². The fourth-order valence-corrected chi connectivity index (χ4v) is 6.57. The topological polar surface area (TPSA) is 85.2 Å². The van der Waals surface area contributed by atoms with Gasteiger partial charge in [-0.1, -0.05) is 18.7 Å². The van der Waals surface area contributed by atoms with Crippen LogP contribution in [0.2, 0.25) is 0 Å². The molecule has 1 aromatic rings. The van der Waals surface area contributed by atoms with Crippen molar-refractivity contribution < 1.29 is 13.2 Å². The molecule has 3 heterocycles. The van der Waals surface area contributed by atoms with Crippen LogP contribution in [0.1, 0.15) is 57.7 Å². The zero-order chi connectivity index (χ0) is 18.9. The molecule has 0 unspecified atom stereocenters. The minimum Gasteiger partial charge on any atom is -0.339 e. The van der Waals surface area contributed by atoms with E-state index in [1.807, 2.05) is 23.4 Å². The molecule has 3 rings (SSSR count). The summed E-state index contributed by atoms with van der Waals surface area (Å²) < 4.78 is 25.3. The van der Waals surface area contributed by atoms with Gasteiger partial charge in [-0.05, 0) is 39.0 Å². The third-order valence-corrected chi connectivity index (χ3v) is 8.37. The van der Waals surface area contributed by atoms with E-state index in [4.69, 9.17) is 0 Å². The van der Waals surface area contributed by atoms with Gasteiger partial charge in [0.2, 0.25) is 5.91 Å². The van der Waals surface area contributed by atoms with Gasteiger partial charge < -0.3 is 9.47 Å². The van der Waals surface area contributed by atoms with Crippen LogP contribution in [0.15, 0.2) is 5.16 Å². The van der Waals surface area contributed by atoms with Crippen molar-refractivity contribution in [1.29, 1.82) is 0 Å². The number of sulfone groups is 1. The van der Waals surface area contributed by atoms with Crippen LogP contribution in [0, 0.1) is 0 Å². The molecule has 146 valence electrons. The van der Waals surface area contributed by atoms with E-state index >= 15 is 0 Å². The Bertz CT molecular complexity index is 762. The number of nitrogens with zero attached hydrogens (tertiary/aromatic N) is 4. The number of hydrogen-bond acceptors (Lipinski definition) is 6. The first-order chi connectivity index (χ1) is 12.3. The number of aromatic nitrogens is 3. The quantitative estimate of drug-likeness (QED) is 0.703. The molecule has 2 aliphatic rings. The normalized spacial score (nSPS) is 26.8. The van der Waals surface area contributed by atoms with Crippen LogP contribution in [0.25, 0.3) is 0 Å². The summed E-state index contributed by atoms with van der Waals surface area (Å²) in [5.41, 5.74) is 0. The lowest BCUT2D eigenvalue weighted by Gasteiger charge is -2.36. The van der Waals surface area contributed by atoms with Gasteiger partial charge in [0, 0.05) is 25.6 Å². The first-order valence-corrected chi connectivity index (χ1v) is 12.1. The average molecular weight is 401 g/mol. The third-order valence-electron chi connectivity index (χ3n) is 5.48. The van der Waals surface area contributed by atoms with E-state index in [1.54, 1.807) is 0 Å². The zero-order valence-corrected chi connectivity index (χ0v) is 17.4. The van der Waals surface area contributed by atoms with Gasteiger partial charge >= 0.3 is 0 Å². The zero-order valence-electron chi connectivity index (χ0n) is 15.7. The lowest BCUT2D eigenvalue weighted by atomic mass is 10.00. The van der Waals surface area contributed by atoms with Crippen LogP contribution in [-0.4, -0.2) is 63.3 Å². The Hall–Kier alpha value is -1.09. The molecule has 2 saturated heterocycles. The highest BCUT2D eigenvalue weighted by atomic mass is 32.2. The molecule has 0 radical (unpaired) electrons. The number of rotatable bonds is 5. The third kappa shape index (κ3) is 4.08. The molecule has 26 heavy (non-hydrogen) atoms. The maximum absolute atomic E-state index is 12.9. The van der Waals surface area contributed by atoms with Crippen molar-refractivity contribution in [2.75, 3.05) is 18.1 Å². The lowest BCUT2D eigenvalue weighted by molar-refractivity contribution is -0.134. The molecule has 0 saturated carbocycles. The molecular weight excluding hydrogens is 372 g/mol. The molecule has 3 atom stereocenters. The van der Waals surface area contributed by atoms with Gasteiger partial charge in [0.15, 0.2) is 15.0 Å². The Morgan fingerprint density at radius 2 is 2.08 bits per heavy atom. The second kappa shape index (κ2) is 7.88. The fraction of sp³-hybridized carbons (Fsp3) is 0.824. The number of carbonyl (C=O) groups excluding carboxylic acids is 1. The molecule has 1 amide bonds. The summed E-state index contributed by atoms with van der Waals surface area (Å²) >= 11 is 1.41. The maximum atomic E-state index is 12.9. The van der Waals surface area contributed by atoms with Crippen LogP contribution in [0.5, 0.6) is 0 Å². The summed E-state index contributed by atoms with van der Waals surface area (Å²) in [5.74, 6) is 1.14. The van der Waals surface area contributed by atoms with Crippen molar-refractivity contribution in [3.8, 4) is 0 Å². The minimum absolute atomic E-state index is 0.0931. The predicted molar refractivity (Wildman–Crippen MR) is 102 cm³/mol. The molecule has 0 bridgehead atoms. The molecule has 1 aromatic heterocycles. The second-order valence-corrected chi connectivity index (χ2v) is 10.9. The van der Waals surface area contributed by atoms with Crippen molar-refractivity contribution >= 4 is 27.5 Å². The van der Waals surface area contributed by atoms with Gasteiger partial charge in [-0.15, -0.1) is 10.2 Å². The maximum Gasteiger partial charge on any atom is 0.236 e. The number of amides is 1. The van der Waals surface area contributed by atoms with Gasteiger partial charge in [-0.3, -0.25) is 4.79 Å². The summed E-state index contributed by atoms with van der Waals surface area (Å²) in [7, 11) is -1.10. The highest BCUT2D eigenvalue weighted by Gasteiger charge is 2.34. The van der Waals surface area contributed by atoms with Crippen molar-refractivity contribution in [3.05, 3.63) is 5.82 Å². The molecule has 7 nitrogen and oxygen atoms in total. The lowest BCUT2D eigenvalue weighted by Crippen LogP contribution is -2.46. The fourth-order valence-electron chi connectivity index (χ4n) is 3.94. The molecule has 0 aromatic carbocycles. The van der Waals surface area contributed by atoms with E-state index in [0.29, 0.717) is 23.4 Å². The number of thioether (sulfide) groups is 1. The van der Waals surface area contributed by atoms with Gasteiger partial charge in [-0.25, -0.2) is 8.42 Å². The first-order valence-electron chi connectivity index (χ1n) is 9.39. The van der Waals surface area contributed by atoms with Gasteiger partial charge in [0.1, 0.15) is 5.82 Å². The van der Waals surface area contributed by atoms with Crippen LogP contribution < -0.4 is 0 Å². The number of carbonyl (C=O) groups is 1. The summed E-state index contributed by atoms with van der Waals surface area (Å²) in [4.78, 5) is 14.9. The van der Waals surface area contributed by atoms with Crippen molar-refractivity contribution in [3.63, 3.8) is 0 Å². The predicted octanol–water partition coefficient (Wildman–Crippen LogP) is 1.99. The molecule has 2 fully saturated rings. The largest absolute Gasteiger partial charge is 0.339 e. The number of piperidine rings is 1. The van der Waals surface area contributed by atoms with E-state index in [-0.39, 0.29) is 28.6 Å². The first kappa shape index (κ1) is 19.7. The van der Waals surface area contributed by atoms with Crippen molar-refractivity contribution in [2.45, 2.75) is 68.3 Å². The van der Waals surface area contributed by atoms with Crippen LogP contribution in [0.4, 0.5) is 0 Å². The molecular formula is C17H28N4O3S2. The Morgan fingerprint density at radius 1 is 1.31 bits per heavy atom. The summed E-state index contributed by atoms with van der Waals surface area (Å²) in [5, 5.41) is 8.89. The monoisotopic (exact) mass is 400 g/mol. The molecule has 0 N–H and O–H groups in total. The van der Waals surface area contributed by atoms with Crippen LogP contribution in [-0.2, 0) is 21.7 Å². The van der Waals surface area contributed by atoms with Crippen LogP contribution in [0.3, 0.4) is 0 Å². The van der Waals surface area contributed by atoms with Crippen LogP contribution >= 0.6 is 11.8 Å². The van der Waals surface area contributed by atoms with E-state index in [1.165, 1.54) is 18.2 Å². The Labute approximate surface area is 159 Å². The van der Waals surface area contributed by atoms with Crippen molar-refractivity contribution in [1.82, 2.24) is 19.7 Å². The number of hydrogen-bond donors (Lipinski definition) is 0. The Morgan fingerprint density at radius 3 is 2.73 bits per heavy atom. The minimum atomic E-state index is -2.96. The van der Waals surface area contributed by atoms with E-state index < -0.39 is 9.84 Å². The van der Waals surface area contributed by atoms with E-state index in [9.17, 15) is 13.2 Å². The molecule has 0 spiro atoms. The summed E-state index contributed by atoms with van der Waals surface area (Å²) in [6.45, 7) is 4.90. The highest BCUT2D eigenvalue weighted by Crippen LogP contribution is 2.31. The summed E-state index contributed by atoms with van der Waals surface area (Å²) in [6.07, 6.45) is 4.95. The van der Waals surface area contributed by atoms with Gasteiger partial charge in [-0.2, -0.15) is 0 Å². The van der Waals surface area contributed by atoms with Gasteiger partial charge in [0.25, 0.3) is 0 Å². The average Bonchev–Trinajstić information content (AvgIpc) is 3.16. The molecule has 0 aliphatic carbocycles. The standard InChI is InChI=1S/C17H28N4O3S2/c1-4-14-7-5-6-9-21(14)16(22)12(2)25-17-19-18-15(20(17)3)13-8-10-26(23,24)11-13/h12-14H,4-11H2,1-3H3/t12-,13-,14-/m1/s1. The smallest absolute Gasteiger partial charge is 0.236 e. The van der Waals surface area contributed by atoms with Crippen molar-refractivity contribution in [2.24, 2.45) is 7.05 Å². The SMILES string of the molecule is CC[C@@H]1CCCCN1C(=O)[C@@H](C)Sc1nnc([C@@H]2CCS(=O)(=O)C2)n1C. The molecule has 9 heteroatoms. The summed E-state index contributed by atoms with van der Waals surface area (Å²) in [6, 6.07) is 0.345. The van der Waals surface area contributed by atoms with E-state index in [2.05, 4.69) is 17.1 Å². The Balaban J connectivity index is 1.68. The second-order valence-electron chi connectivity index (χ2n) is 7.35.